The van der Waals surface area contributed by atoms with Gasteiger partial charge in [-0.1, -0.05) is 25.1 Å². The number of nitrogen functional groups attached to an aromatic ring is 1. The lowest BCUT2D eigenvalue weighted by Gasteiger charge is -2.26. The maximum atomic E-state index is 12.7. The fourth-order valence-electron chi connectivity index (χ4n) is 2.56. The minimum absolute atomic E-state index is 0.343. The zero-order valence-electron chi connectivity index (χ0n) is 15.5. The number of rotatable bonds is 6. The number of carbonyl (C=O) groups excluding carboxylic acids is 2. The molecule has 0 fully saturated rings. The van der Waals surface area contributed by atoms with Crippen LogP contribution >= 0.6 is 0 Å². The Hall–Kier alpha value is -3.02. The van der Waals surface area contributed by atoms with Crippen molar-refractivity contribution in [1.82, 2.24) is 5.32 Å². The first-order valence-electron chi connectivity index (χ1n) is 8.29. The number of methoxy groups -OCH3 is 2. The quantitative estimate of drug-likeness (QED) is 0.613. The number of amides is 1. The van der Waals surface area contributed by atoms with E-state index in [0.717, 1.165) is 11.1 Å². The minimum Gasteiger partial charge on any atom is -0.496 e. The molecule has 1 atom stereocenters. The van der Waals surface area contributed by atoms with E-state index in [9.17, 15) is 9.59 Å². The van der Waals surface area contributed by atoms with E-state index in [1.54, 1.807) is 26.0 Å². The van der Waals surface area contributed by atoms with Gasteiger partial charge in [-0.3, -0.25) is 4.79 Å². The van der Waals surface area contributed by atoms with Crippen LogP contribution in [0.3, 0.4) is 0 Å². The molecule has 1 amide bonds. The average Bonchev–Trinajstić information content (AvgIpc) is 2.67. The number of hydrogen-bond acceptors (Lipinski definition) is 5. The van der Waals surface area contributed by atoms with E-state index in [0.29, 0.717) is 23.4 Å². The highest BCUT2D eigenvalue weighted by molar-refractivity contribution is 6.00. The third-order valence-electron chi connectivity index (χ3n) is 4.42. The van der Waals surface area contributed by atoms with Gasteiger partial charge in [-0.2, -0.15) is 0 Å². The van der Waals surface area contributed by atoms with E-state index in [1.807, 2.05) is 30.3 Å². The van der Waals surface area contributed by atoms with Gasteiger partial charge in [0.2, 0.25) is 0 Å². The molecule has 0 aromatic heterocycles. The Morgan fingerprint density at radius 1 is 1.08 bits per heavy atom. The topological polar surface area (TPSA) is 90.7 Å². The van der Waals surface area contributed by atoms with Crippen molar-refractivity contribution in [2.75, 3.05) is 20.0 Å². The van der Waals surface area contributed by atoms with Crippen molar-refractivity contribution in [1.29, 1.82) is 0 Å². The molecule has 0 radical (unpaired) electrons. The van der Waals surface area contributed by atoms with Crippen molar-refractivity contribution >= 4 is 17.6 Å². The van der Waals surface area contributed by atoms with Crippen LogP contribution in [0.4, 0.5) is 5.69 Å². The predicted octanol–water partition coefficient (Wildman–Crippen LogP) is 3.02. The molecule has 0 aliphatic heterocycles. The van der Waals surface area contributed by atoms with Gasteiger partial charge in [-0.15, -0.1) is 0 Å². The fraction of sp³-hybridized carbons (Fsp3) is 0.300. The minimum atomic E-state index is -1.10. The van der Waals surface area contributed by atoms with E-state index in [4.69, 9.17) is 15.2 Å². The van der Waals surface area contributed by atoms with Gasteiger partial charge < -0.3 is 20.5 Å². The normalized spacial score (nSPS) is 12.8. The van der Waals surface area contributed by atoms with Crippen LogP contribution in [0.15, 0.2) is 42.5 Å². The molecule has 0 saturated heterocycles. The zero-order chi connectivity index (χ0) is 19.3. The molecular formula is C20H24N2O4. The summed E-state index contributed by atoms with van der Waals surface area (Å²) in [5.41, 5.74) is 7.48. The van der Waals surface area contributed by atoms with Crippen molar-refractivity contribution in [3.63, 3.8) is 0 Å². The Bertz CT molecular complexity index is 802. The lowest BCUT2D eigenvalue weighted by Crippen LogP contribution is -2.52. The molecule has 0 spiro atoms. The number of benzene rings is 2. The summed E-state index contributed by atoms with van der Waals surface area (Å²) in [6.07, 6.45) is 0.400. The van der Waals surface area contributed by atoms with Crippen LogP contribution in [-0.4, -0.2) is 31.6 Å². The Morgan fingerprint density at radius 2 is 1.69 bits per heavy atom. The fourth-order valence-corrected chi connectivity index (χ4v) is 2.56. The highest BCUT2D eigenvalue weighted by Gasteiger charge is 2.35. The van der Waals surface area contributed by atoms with Gasteiger partial charge in [0.05, 0.1) is 19.8 Å². The molecule has 2 rings (SSSR count). The van der Waals surface area contributed by atoms with Crippen molar-refractivity contribution in [3.05, 3.63) is 48.0 Å². The van der Waals surface area contributed by atoms with Crippen LogP contribution in [0.5, 0.6) is 5.75 Å². The second-order valence-electron chi connectivity index (χ2n) is 6.17. The molecule has 26 heavy (non-hydrogen) atoms. The SMILES string of the molecule is CCC(C)(NC(=O)c1ccc(-c2ccc(N)cc2)cc1OC)C(=O)OC. The van der Waals surface area contributed by atoms with Crippen LogP contribution < -0.4 is 15.8 Å². The molecule has 0 saturated carbocycles. The lowest BCUT2D eigenvalue weighted by molar-refractivity contribution is -0.147. The Kier molecular flexibility index (Phi) is 5.87. The second kappa shape index (κ2) is 7.91. The van der Waals surface area contributed by atoms with Crippen molar-refractivity contribution in [2.45, 2.75) is 25.8 Å². The number of carbonyl (C=O) groups is 2. The molecule has 0 aliphatic rings. The average molecular weight is 356 g/mol. The van der Waals surface area contributed by atoms with Gasteiger partial charge in [-0.25, -0.2) is 4.79 Å². The van der Waals surface area contributed by atoms with E-state index >= 15 is 0 Å². The predicted molar refractivity (Wildman–Crippen MR) is 101 cm³/mol. The number of esters is 1. The van der Waals surface area contributed by atoms with E-state index < -0.39 is 17.4 Å². The standard InChI is InChI=1S/C20H24N2O4/c1-5-20(2,19(24)26-4)22-18(23)16-11-8-14(12-17(16)25-3)13-6-9-15(21)10-7-13/h6-12H,5,21H2,1-4H3,(H,22,23). The number of hydrogen-bond donors (Lipinski definition) is 2. The smallest absolute Gasteiger partial charge is 0.331 e. The molecule has 1 unspecified atom stereocenters. The summed E-state index contributed by atoms with van der Waals surface area (Å²) in [7, 11) is 2.79. The van der Waals surface area contributed by atoms with Crippen LogP contribution in [0.1, 0.15) is 30.6 Å². The van der Waals surface area contributed by atoms with E-state index in [2.05, 4.69) is 5.32 Å². The first-order valence-corrected chi connectivity index (χ1v) is 8.29. The summed E-state index contributed by atoms with van der Waals surface area (Å²) in [5, 5.41) is 2.74. The molecular weight excluding hydrogens is 332 g/mol. The molecule has 0 aliphatic carbocycles. The van der Waals surface area contributed by atoms with Crippen LogP contribution in [0, 0.1) is 0 Å². The van der Waals surface area contributed by atoms with Gasteiger partial charge in [0.1, 0.15) is 11.3 Å². The third-order valence-corrected chi connectivity index (χ3v) is 4.42. The highest BCUT2D eigenvalue weighted by Crippen LogP contribution is 2.28. The molecule has 6 heteroatoms. The number of anilines is 1. The third kappa shape index (κ3) is 3.96. The molecule has 3 N–H and O–H groups in total. The summed E-state index contributed by atoms with van der Waals surface area (Å²) >= 11 is 0. The largest absolute Gasteiger partial charge is 0.496 e. The Labute approximate surface area is 153 Å². The summed E-state index contributed by atoms with van der Waals surface area (Å²) in [6.45, 7) is 3.44. The summed E-state index contributed by atoms with van der Waals surface area (Å²) in [6, 6.07) is 12.7. The zero-order valence-corrected chi connectivity index (χ0v) is 15.5. The summed E-state index contributed by atoms with van der Waals surface area (Å²) < 4.78 is 10.2. The highest BCUT2D eigenvalue weighted by atomic mass is 16.5. The summed E-state index contributed by atoms with van der Waals surface area (Å²) in [4.78, 5) is 24.7. The van der Waals surface area contributed by atoms with Crippen LogP contribution in [-0.2, 0) is 9.53 Å². The first-order chi connectivity index (χ1) is 12.3. The second-order valence-corrected chi connectivity index (χ2v) is 6.17. The van der Waals surface area contributed by atoms with E-state index in [1.165, 1.54) is 14.2 Å². The number of nitrogens with two attached hydrogens (primary N) is 1. The molecule has 2 aromatic rings. The van der Waals surface area contributed by atoms with Crippen molar-refractivity contribution in [3.8, 4) is 16.9 Å². The molecule has 0 bridgehead atoms. The van der Waals surface area contributed by atoms with Gasteiger partial charge in [-0.05, 0) is 48.7 Å². The van der Waals surface area contributed by atoms with E-state index in [-0.39, 0.29) is 0 Å². The monoisotopic (exact) mass is 356 g/mol. The maximum absolute atomic E-state index is 12.7. The van der Waals surface area contributed by atoms with Crippen molar-refractivity contribution < 1.29 is 19.1 Å². The molecule has 6 nitrogen and oxygen atoms in total. The van der Waals surface area contributed by atoms with Crippen molar-refractivity contribution in [2.24, 2.45) is 0 Å². The maximum Gasteiger partial charge on any atom is 0.331 e. The van der Waals surface area contributed by atoms with Crippen LogP contribution in [0.2, 0.25) is 0 Å². The van der Waals surface area contributed by atoms with Gasteiger partial charge in [0, 0.05) is 5.69 Å². The van der Waals surface area contributed by atoms with Gasteiger partial charge >= 0.3 is 5.97 Å². The van der Waals surface area contributed by atoms with Crippen LogP contribution in [0.25, 0.3) is 11.1 Å². The first kappa shape index (κ1) is 19.3. The number of ether oxygens (including phenoxy) is 2. The van der Waals surface area contributed by atoms with Gasteiger partial charge in [0.15, 0.2) is 0 Å². The molecule has 138 valence electrons. The molecule has 0 heterocycles. The molecule has 2 aromatic carbocycles. The lowest BCUT2D eigenvalue weighted by atomic mass is 9.97. The Balaban J connectivity index is 2.33. The number of nitrogens with one attached hydrogen (secondary N) is 1. The Morgan fingerprint density at radius 3 is 2.23 bits per heavy atom. The van der Waals surface area contributed by atoms with Gasteiger partial charge in [0.25, 0.3) is 5.91 Å². The summed E-state index contributed by atoms with van der Waals surface area (Å²) in [5.74, 6) is -0.480.